The summed E-state index contributed by atoms with van der Waals surface area (Å²) in [4.78, 5) is 26.8. The van der Waals surface area contributed by atoms with Gasteiger partial charge in [0.05, 0.1) is 12.2 Å². The second-order valence-electron chi connectivity index (χ2n) is 13.2. The number of amides is 1. The Balaban J connectivity index is 1.07. The van der Waals surface area contributed by atoms with Gasteiger partial charge < -0.3 is 14.7 Å². The van der Waals surface area contributed by atoms with Gasteiger partial charge in [-0.3, -0.25) is 4.79 Å². The van der Waals surface area contributed by atoms with Crippen molar-refractivity contribution in [3.05, 3.63) is 29.1 Å². The van der Waals surface area contributed by atoms with Crippen LogP contribution in [0, 0.1) is 46.2 Å². The van der Waals surface area contributed by atoms with Gasteiger partial charge in [0.25, 0.3) is 5.91 Å². The summed E-state index contributed by atoms with van der Waals surface area (Å²) < 4.78 is 21.8. The number of carboxylic acid groups (broad SMARTS) is 1. The average molecular weight is 466 g/mol. The molecule has 0 radical (unpaired) electrons. The maximum Gasteiger partial charge on any atom is 0.326 e. The Hall–Kier alpha value is -2.11. The van der Waals surface area contributed by atoms with E-state index in [1.165, 1.54) is 49.5 Å². The van der Waals surface area contributed by atoms with Crippen molar-refractivity contribution in [1.29, 1.82) is 0 Å². The van der Waals surface area contributed by atoms with E-state index < -0.39 is 23.7 Å². The Morgan fingerprint density at radius 1 is 1.09 bits per heavy atom. The van der Waals surface area contributed by atoms with E-state index >= 15 is 4.39 Å². The maximum absolute atomic E-state index is 15.4. The number of carbonyl (C=O) groups excluding carboxylic acids is 1. The standard InChI is InChI=1S/C28H32FNO4/c1-27-21-22(27)24(27)30(23(21)26(32)33)25(31)18-7-17(16-2-3-16)20(8-19(18)29)34-12-28-9-13-4-14(10-28)6-15(5-13)11-28/h7-8,13-16,21-24H,2-6,9-12H2,1H3,(H,32,33)/t13?,14?,15?,21?,22-,23+,24+,27-,28?/m1/s1. The van der Waals surface area contributed by atoms with Crippen molar-refractivity contribution in [2.24, 2.45) is 40.4 Å². The van der Waals surface area contributed by atoms with Gasteiger partial charge in [-0.05, 0) is 98.0 Å². The Labute approximate surface area is 199 Å². The number of ether oxygens (including phenoxy) is 1. The van der Waals surface area contributed by atoms with Crippen molar-refractivity contribution >= 4 is 11.9 Å². The lowest BCUT2D eigenvalue weighted by atomic mass is 9.50. The second kappa shape index (κ2) is 6.17. The van der Waals surface area contributed by atoms with Gasteiger partial charge >= 0.3 is 5.97 Å². The molecule has 1 unspecified atom stereocenters. The molecule has 10 rings (SSSR count). The fraction of sp³-hybridized carbons (Fsp3) is 0.714. The summed E-state index contributed by atoms with van der Waals surface area (Å²) >= 11 is 0. The van der Waals surface area contributed by atoms with E-state index in [4.69, 9.17) is 4.74 Å². The summed E-state index contributed by atoms with van der Waals surface area (Å²) in [6, 6.07) is 2.26. The lowest BCUT2D eigenvalue weighted by Crippen LogP contribution is -2.48. The van der Waals surface area contributed by atoms with Crippen molar-refractivity contribution in [3.63, 3.8) is 0 Å². The first-order valence-corrected chi connectivity index (χ1v) is 13.3. The van der Waals surface area contributed by atoms with Crippen LogP contribution in [0.3, 0.4) is 0 Å². The van der Waals surface area contributed by atoms with E-state index in [0.717, 1.165) is 36.2 Å². The normalized spacial score (nSPS) is 46.4. The first-order valence-electron chi connectivity index (χ1n) is 13.3. The van der Waals surface area contributed by atoms with Crippen LogP contribution in [0.4, 0.5) is 4.39 Å². The number of carboxylic acids is 1. The molecule has 2 saturated heterocycles. The molecule has 1 aromatic rings. The summed E-state index contributed by atoms with van der Waals surface area (Å²) in [5, 5.41) is 9.75. The highest BCUT2D eigenvalue weighted by atomic mass is 19.1. The van der Waals surface area contributed by atoms with Gasteiger partial charge in [0, 0.05) is 23.4 Å². The molecule has 5 atom stereocenters. The van der Waals surface area contributed by atoms with Gasteiger partial charge in [0.2, 0.25) is 0 Å². The number of aliphatic carboxylic acids is 1. The van der Waals surface area contributed by atoms with Crippen molar-refractivity contribution in [3.8, 4) is 5.75 Å². The zero-order valence-corrected chi connectivity index (χ0v) is 19.6. The highest BCUT2D eigenvalue weighted by Crippen LogP contribution is 2.87. The Kier molecular flexibility index (Phi) is 3.65. The van der Waals surface area contributed by atoms with Crippen LogP contribution in [-0.2, 0) is 4.79 Å². The van der Waals surface area contributed by atoms with Gasteiger partial charge in [0.1, 0.15) is 17.6 Å². The van der Waals surface area contributed by atoms with Crippen molar-refractivity contribution in [1.82, 2.24) is 4.90 Å². The molecule has 1 amide bonds. The summed E-state index contributed by atoms with van der Waals surface area (Å²) in [5.74, 6) is 1.74. The number of rotatable bonds is 6. The molecule has 2 heterocycles. The Bertz CT molecular complexity index is 1110. The van der Waals surface area contributed by atoms with Gasteiger partial charge in [-0.25, -0.2) is 9.18 Å². The largest absolute Gasteiger partial charge is 0.493 e. The van der Waals surface area contributed by atoms with Crippen molar-refractivity contribution in [2.45, 2.75) is 76.3 Å². The molecule has 9 aliphatic rings. The SMILES string of the molecule is C[C@]12C3[C@@H](C(=O)O)N(C(=O)c4cc(C5CC5)c(OCC56CC7CC(CC(C7)C5)C6)cc4F)[C@H]1[C@@H]32. The highest BCUT2D eigenvalue weighted by Gasteiger charge is 2.94. The van der Waals surface area contributed by atoms with Crippen LogP contribution in [-0.4, -0.2) is 40.6 Å². The van der Waals surface area contributed by atoms with Gasteiger partial charge in [0.15, 0.2) is 0 Å². The monoisotopic (exact) mass is 465 g/mol. The number of benzene rings is 1. The van der Waals surface area contributed by atoms with Gasteiger partial charge in [-0.2, -0.15) is 0 Å². The van der Waals surface area contributed by atoms with E-state index in [1.54, 1.807) is 6.07 Å². The smallest absolute Gasteiger partial charge is 0.326 e. The molecule has 7 saturated carbocycles. The summed E-state index contributed by atoms with van der Waals surface area (Å²) in [6.07, 6.45) is 9.92. The molecular formula is C28H32FNO4. The number of carbonyl (C=O) groups is 2. The molecule has 6 bridgehead atoms. The third kappa shape index (κ3) is 2.50. The van der Waals surface area contributed by atoms with Crippen LogP contribution in [0.25, 0.3) is 0 Å². The summed E-state index contributed by atoms with van der Waals surface area (Å²) in [6.45, 7) is 2.71. The summed E-state index contributed by atoms with van der Waals surface area (Å²) in [5.41, 5.74) is 1.14. The molecule has 0 spiro atoms. The minimum absolute atomic E-state index is 0.0193. The number of halogens is 1. The molecule has 1 aromatic carbocycles. The molecule has 0 aromatic heterocycles. The van der Waals surface area contributed by atoms with E-state index in [1.807, 2.05) is 0 Å². The van der Waals surface area contributed by atoms with Crippen LogP contribution in [0.15, 0.2) is 12.1 Å². The van der Waals surface area contributed by atoms with Gasteiger partial charge in [-0.1, -0.05) is 6.92 Å². The quantitative estimate of drug-likeness (QED) is 0.653. The molecule has 5 nitrogen and oxygen atoms in total. The number of nitrogens with zero attached hydrogens (tertiary/aromatic N) is 1. The fourth-order valence-corrected chi connectivity index (χ4v) is 9.71. The predicted octanol–water partition coefficient (Wildman–Crippen LogP) is 4.84. The first kappa shape index (κ1) is 20.1. The van der Waals surface area contributed by atoms with Crippen LogP contribution in [0.1, 0.15) is 80.1 Å². The number of hydrogen-bond acceptors (Lipinski definition) is 3. The van der Waals surface area contributed by atoms with Crippen LogP contribution < -0.4 is 4.74 Å². The molecule has 2 aliphatic heterocycles. The summed E-state index contributed by atoms with van der Waals surface area (Å²) in [7, 11) is 0. The minimum atomic E-state index is -0.967. The van der Waals surface area contributed by atoms with Crippen molar-refractivity contribution < 1.29 is 23.8 Å². The van der Waals surface area contributed by atoms with Crippen LogP contribution >= 0.6 is 0 Å². The molecule has 1 N–H and O–H groups in total. The third-order valence-electron chi connectivity index (χ3n) is 11.1. The Morgan fingerprint density at radius 2 is 1.71 bits per heavy atom. The molecule has 180 valence electrons. The molecule has 6 heteroatoms. The zero-order chi connectivity index (χ0) is 23.1. The van der Waals surface area contributed by atoms with E-state index in [-0.39, 0.29) is 34.3 Å². The second-order valence-corrected chi connectivity index (χ2v) is 13.2. The van der Waals surface area contributed by atoms with Crippen molar-refractivity contribution in [2.75, 3.05) is 6.61 Å². The van der Waals surface area contributed by atoms with E-state index in [2.05, 4.69) is 6.92 Å². The maximum atomic E-state index is 15.4. The predicted molar refractivity (Wildman–Crippen MR) is 121 cm³/mol. The van der Waals surface area contributed by atoms with E-state index in [0.29, 0.717) is 18.3 Å². The molecule has 9 fully saturated rings. The molecular weight excluding hydrogens is 433 g/mol. The van der Waals surface area contributed by atoms with Crippen LogP contribution in [0.2, 0.25) is 0 Å². The van der Waals surface area contributed by atoms with Gasteiger partial charge in [-0.15, -0.1) is 0 Å². The lowest BCUT2D eigenvalue weighted by molar-refractivity contribution is -0.141. The Morgan fingerprint density at radius 3 is 2.26 bits per heavy atom. The topological polar surface area (TPSA) is 66.8 Å². The molecule has 7 aliphatic carbocycles. The lowest BCUT2D eigenvalue weighted by Gasteiger charge is -2.56. The van der Waals surface area contributed by atoms with E-state index in [9.17, 15) is 14.7 Å². The number of hydrogen-bond donors (Lipinski definition) is 1. The zero-order valence-electron chi connectivity index (χ0n) is 19.6. The fourth-order valence-electron chi connectivity index (χ4n) is 9.71. The highest BCUT2D eigenvalue weighted by molar-refractivity contribution is 6.00. The third-order valence-corrected chi connectivity index (χ3v) is 11.1. The number of piperidine rings is 1. The minimum Gasteiger partial charge on any atom is -0.493 e. The average Bonchev–Trinajstić information content (AvgIpc) is 3.72. The van der Waals surface area contributed by atoms with Crippen LogP contribution in [0.5, 0.6) is 5.75 Å². The molecule has 34 heavy (non-hydrogen) atoms. The first-order chi connectivity index (χ1) is 16.3. The number of fused-ring (bicyclic) bond motifs is 1.